The first-order valence-electron chi connectivity index (χ1n) is 10.2. The Balaban J connectivity index is 1.42. The van der Waals surface area contributed by atoms with E-state index in [1.54, 1.807) is 10.9 Å². The topological polar surface area (TPSA) is 85.2 Å². The Kier molecular flexibility index (Phi) is 6.07. The predicted molar refractivity (Wildman–Crippen MR) is 121 cm³/mol. The van der Waals surface area contributed by atoms with Crippen molar-refractivity contribution >= 4 is 28.3 Å². The first-order valence-corrected chi connectivity index (χ1v) is 10.2. The number of fused-ring (bicyclic) bond motifs is 1. The molecule has 2 aromatic heterocycles. The number of nitrogens with zero attached hydrogens (tertiary/aromatic N) is 5. The highest BCUT2D eigenvalue weighted by Crippen LogP contribution is 2.23. The van der Waals surface area contributed by atoms with Gasteiger partial charge < -0.3 is 15.0 Å². The van der Waals surface area contributed by atoms with Crippen LogP contribution in [0.25, 0.3) is 16.7 Å². The predicted octanol–water partition coefficient (Wildman–Crippen LogP) is 3.68. The molecule has 0 radical (unpaired) electrons. The van der Waals surface area contributed by atoms with Crippen molar-refractivity contribution in [2.75, 3.05) is 29.9 Å². The zero-order chi connectivity index (χ0) is 21.6. The van der Waals surface area contributed by atoms with Crippen LogP contribution in [0.1, 0.15) is 13.8 Å². The third-order valence-corrected chi connectivity index (χ3v) is 4.95. The lowest BCUT2D eigenvalue weighted by atomic mass is 10.2. The van der Waals surface area contributed by atoms with Gasteiger partial charge in [-0.3, -0.25) is 4.79 Å². The average molecular weight is 416 g/mol. The number of carbonyl (C=O) groups is 1. The number of para-hydroxylation sites is 1. The quantitative estimate of drug-likeness (QED) is 0.472. The van der Waals surface area contributed by atoms with E-state index in [9.17, 15) is 4.79 Å². The lowest BCUT2D eigenvalue weighted by molar-refractivity contribution is -0.118. The smallest absolute Gasteiger partial charge is 0.262 e. The second kappa shape index (κ2) is 9.25. The van der Waals surface area contributed by atoms with E-state index in [4.69, 9.17) is 4.74 Å². The number of carbonyl (C=O) groups excluding carboxylic acids is 1. The van der Waals surface area contributed by atoms with Crippen molar-refractivity contribution in [3.05, 3.63) is 67.1 Å². The molecular weight excluding hydrogens is 392 g/mol. The first-order chi connectivity index (χ1) is 15.2. The summed E-state index contributed by atoms with van der Waals surface area (Å²) in [4.78, 5) is 23.1. The van der Waals surface area contributed by atoms with E-state index in [0.29, 0.717) is 22.6 Å². The van der Waals surface area contributed by atoms with Gasteiger partial charge in [0.15, 0.2) is 12.3 Å². The Morgan fingerprint density at radius 1 is 1.03 bits per heavy atom. The van der Waals surface area contributed by atoms with Gasteiger partial charge in [0.1, 0.15) is 11.7 Å². The Morgan fingerprint density at radius 2 is 1.77 bits per heavy atom. The van der Waals surface area contributed by atoms with Crippen LogP contribution in [-0.2, 0) is 4.79 Å². The minimum atomic E-state index is -0.266. The second-order valence-corrected chi connectivity index (χ2v) is 6.86. The molecule has 0 spiro atoms. The van der Waals surface area contributed by atoms with E-state index in [-0.39, 0.29) is 12.5 Å². The summed E-state index contributed by atoms with van der Waals surface area (Å²) in [5, 5.41) is 7.88. The van der Waals surface area contributed by atoms with Gasteiger partial charge in [-0.25, -0.2) is 14.6 Å². The Morgan fingerprint density at radius 3 is 2.48 bits per heavy atom. The van der Waals surface area contributed by atoms with Crippen LogP contribution in [0.2, 0.25) is 0 Å². The van der Waals surface area contributed by atoms with Gasteiger partial charge >= 0.3 is 0 Å². The van der Waals surface area contributed by atoms with Gasteiger partial charge in [0.25, 0.3) is 5.91 Å². The normalized spacial score (nSPS) is 10.8. The third-order valence-electron chi connectivity index (χ3n) is 4.95. The SMILES string of the molecule is CCN(CC)c1ccc(NC(=O)COc2ncnc3c2cnn3-c2ccccc2)cc1. The fraction of sp³-hybridized carbons (Fsp3) is 0.217. The molecule has 0 atom stereocenters. The Hall–Kier alpha value is -3.94. The summed E-state index contributed by atoms with van der Waals surface area (Å²) in [6.07, 6.45) is 3.05. The van der Waals surface area contributed by atoms with Crippen molar-refractivity contribution in [2.24, 2.45) is 0 Å². The molecule has 0 fully saturated rings. The zero-order valence-electron chi connectivity index (χ0n) is 17.5. The second-order valence-electron chi connectivity index (χ2n) is 6.86. The number of rotatable bonds is 8. The molecule has 0 aliphatic heterocycles. The highest BCUT2D eigenvalue weighted by atomic mass is 16.5. The molecule has 0 aliphatic carbocycles. The van der Waals surface area contributed by atoms with Crippen LogP contribution in [-0.4, -0.2) is 45.4 Å². The summed E-state index contributed by atoms with van der Waals surface area (Å²) in [6.45, 7) is 5.93. The maximum absolute atomic E-state index is 12.4. The summed E-state index contributed by atoms with van der Waals surface area (Å²) >= 11 is 0. The van der Waals surface area contributed by atoms with Gasteiger partial charge in [0, 0.05) is 24.5 Å². The van der Waals surface area contributed by atoms with Crippen LogP contribution in [0.3, 0.4) is 0 Å². The molecular formula is C23H24N6O2. The summed E-state index contributed by atoms with van der Waals surface area (Å²) in [6, 6.07) is 17.4. The molecule has 8 heteroatoms. The molecule has 0 aliphatic rings. The molecule has 1 amide bonds. The van der Waals surface area contributed by atoms with Crippen molar-refractivity contribution in [3.8, 4) is 11.6 Å². The summed E-state index contributed by atoms with van der Waals surface area (Å²) in [5.74, 6) is 0.0528. The van der Waals surface area contributed by atoms with Crippen molar-refractivity contribution in [1.82, 2.24) is 19.7 Å². The molecule has 0 saturated carbocycles. The van der Waals surface area contributed by atoms with Gasteiger partial charge in [0.05, 0.1) is 11.9 Å². The number of aromatic nitrogens is 4. The van der Waals surface area contributed by atoms with Crippen LogP contribution in [0.15, 0.2) is 67.1 Å². The molecule has 1 N–H and O–H groups in total. The van der Waals surface area contributed by atoms with Crippen molar-refractivity contribution in [2.45, 2.75) is 13.8 Å². The Bertz CT molecular complexity index is 1150. The van der Waals surface area contributed by atoms with Gasteiger partial charge in [-0.05, 0) is 50.2 Å². The fourth-order valence-corrected chi connectivity index (χ4v) is 3.37. The molecule has 2 heterocycles. The minimum absolute atomic E-state index is 0.166. The van der Waals surface area contributed by atoms with E-state index in [2.05, 4.69) is 39.1 Å². The number of hydrogen-bond acceptors (Lipinski definition) is 6. The standard InChI is InChI=1S/C23H24N6O2/c1-3-28(4-2)18-12-10-17(11-13-18)27-21(30)15-31-23-20-14-26-29(22(20)24-16-25-23)19-8-6-5-7-9-19/h5-14,16H,3-4,15H2,1-2H3,(H,27,30). The van der Waals surface area contributed by atoms with Crippen LogP contribution < -0.4 is 15.0 Å². The van der Waals surface area contributed by atoms with Gasteiger partial charge in [0.2, 0.25) is 5.88 Å². The van der Waals surface area contributed by atoms with Crippen LogP contribution in [0.4, 0.5) is 11.4 Å². The third kappa shape index (κ3) is 4.48. The van der Waals surface area contributed by atoms with Gasteiger partial charge in [-0.2, -0.15) is 5.10 Å². The molecule has 4 rings (SSSR count). The van der Waals surface area contributed by atoms with Crippen molar-refractivity contribution in [1.29, 1.82) is 0 Å². The number of benzene rings is 2. The summed E-state index contributed by atoms with van der Waals surface area (Å²) in [5.41, 5.74) is 3.34. The van der Waals surface area contributed by atoms with E-state index in [0.717, 1.165) is 24.5 Å². The summed E-state index contributed by atoms with van der Waals surface area (Å²) < 4.78 is 7.38. The molecule has 4 aromatic rings. The maximum atomic E-state index is 12.4. The van der Waals surface area contributed by atoms with Crippen molar-refractivity contribution < 1.29 is 9.53 Å². The number of hydrogen-bond donors (Lipinski definition) is 1. The zero-order valence-corrected chi connectivity index (χ0v) is 17.5. The molecule has 158 valence electrons. The number of nitrogens with one attached hydrogen (secondary N) is 1. The molecule has 8 nitrogen and oxygen atoms in total. The number of anilines is 2. The first kappa shape index (κ1) is 20.3. The highest BCUT2D eigenvalue weighted by Gasteiger charge is 2.13. The van der Waals surface area contributed by atoms with Gasteiger partial charge in [-0.1, -0.05) is 18.2 Å². The van der Waals surface area contributed by atoms with Crippen LogP contribution in [0, 0.1) is 0 Å². The van der Waals surface area contributed by atoms with E-state index in [1.165, 1.54) is 6.33 Å². The number of amides is 1. The average Bonchev–Trinajstić information content (AvgIpc) is 3.25. The lowest BCUT2D eigenvalue weighted by Crippen LogP contribution is -2.22. The highest BCUT2D eigenvalue weighted by molar-refractivity contribution is 5.92. The van der Waals surface area contributed by atoms with E-state index in [1.807, 2.05) is 54.6 Å². The number of ether oxygens (including phenoxy) is 1. The largest absolute Gasteiger partial charge is 0.467 e. The van der Waals surface area contributed by atoms with Gasteiger partial charge in [-0.15, -0.1) is 0 Å². The van der Waals surface area contributed by atoms with Crippen molar-refractivity contribution in [3.63, 3.8) is 0 Å². The lowest BCUT2D eigenvalue weighted by Gasteiger charge is -2.21. The maximum Gasteiger partial charge on any atom is 0.262 e. The van der Waals surface area contributed by atoms with Crippen LogP contribution in [0.5, 0.6) is 5.88 Å². The fourth-order valence-electron chi connectivity index (χ4n) is 3.37. The van der Waals surface area contributed by atoms with E-state index >= 15 is 0 Å². The summed E-state index contributed by atoms with van der Waals surface area (Å²) in [7, 11) is 0. The monoisotopic (exact) mass is 416 g/mol. The molecule has 0 unspecified atom stereocenters. The molecule has 2 aromatic carbocycles. The van der Waals surface area contributed by atoms with E-state index < -0.39 is 0 Å². The minimum Gasteiger partial charge on any atom is -0.467 e. The Labute approximate surface area is 180 Å². The molecule has 0 saturated heterocycles. The molecule has 31 heavy (non-hydrogen) atoms. The van der Waals surface area contributed by atoms with Crippen LogP contribution >= 0.6 is 0 Å². The molecule has 0 bridgehead atoms.